The fourth-order valence-electron chi connectivity index (χ4n) is 1.36. The highest BCUT2D eigenvalue weighted by Gasteiger charge is 2.20. The third-order valence-corrected chi connectivity index (χ3v) is 2.97. The molecule has 2 nitrogen and oxygen atoms in total. The van der Waals surface area contributed by atoms with E-state index in [4.69, 9.17) is 4.74 Å². The van der Waals surface area contributed by atoms with Gasteiger partial charge in [-0.2, -0.15) is 0 Å². The van der Waals surface area contributed by atoms with Gasteiger partial charge >= 0.3 is 0 Å². The lowest BCUT2D eigenvalue weighted by molar-refractivity contribution is 0.289. The summed E-state index contributed by atoms with van der Waals surface area (Å²) >= 11 is 3.44. The third kappa shape index (κ3) is 2.71. The van der Waals surface area contributed by atoms with Gasteiger partial charge in [-0.15, -0.1) is 0 Å². The molecule has 1 fully saturated rings. The van der Waals surface area contributed by atoms with Crippen LogP contribution in [0.25, 0.3) is 0 Å². The van der Waals surface area contributed by atoms with Gasteiger partial charge in [-0.25, -0.2) is 4.98 Å². The molecular formula is C11H14BrNO. The van der Waals surface area contributed by atoms with Crippen LogP contribution in [0.5, 0.6) is 5.88 Å². The van der Waals surface area contributed by atoms with Crippen molar-refractivity contribution in [1.29, 1.82) is 0 Å². The molecule has 0 atom stereocenters. The number of nitrogens with zero attached hydrogens (tertiary/aromatic N) is 1. The largest absolute Gasteiger partial charge is 0.477 e. The highest BCUT2D eigenvalue weighted by Crippen LogP contribution is 2.32. The van der Waals surface area contributed by atoms with Crippen LogP contribution in [0.4, 0.5) is 0 Å². The predicted octanol–water partition coefficient (Wildman–Crippen LogP) is 3.33. The summed E-state index contributed by atoms with van der Waals surface area (Å²) in [4.78, 5) is 4.23. The Bertz CT molecular complexity index is 323. The SMILES string of the molecule is Cc1cnc(OCCC2CC2)c(Br)c1. The molecular weight excluding hydrogens is 242 g/mol. The Balaban J connectivity index is 1.87. The summed E-state index contributed by atoms with van der Waals surface area (Å²) in [6.07, 6.45) is 5.76. The topological polar surface area (TPSA) is 22.1 Å². The maximum atomic E-state index is 5.58. The molecule has 0 bridgehead atoms. The minimum Gasteiger partial charge on any atom is -0.477 e. The average molecular weight is 256 g/mol. The van der Waals surface area contributed by atoms with Gasteiger partial charge in [0.1, 0.15) is 0 Å². The molecule has 1 saturated carbocycles. The molecule has 0 N–H and O–H groups in total. The summed E-state index contributed by atoms with van der Waals surface area (Å²) in [5, 5.41) is 0. The Hall–Kier alpha value is -0.570. The highest BCUT2D eigenvalue weighted by atomic mass is 79.9. The van der Waals surface area contributed by atoms with Crippen molar-refractivity contribution in [3.63, 3.8) is 0 Å². The first-order valence-electron chi connectivity index (χ1n) is 5.00. The summed E-state index contributed by atoms with van der Waals surface area (Å²) in [6.45, 7) is 2.81. The predicted molar refractivity (Wildman–Crippen MR) is 59.5 cm³/mol. The maximum Gasteiger partial charge on any atom is 0.227 e. The fourth-order valence-corrected chi connectivity index (χ4v) is 1.93. The molecule has 0 saturated heterocycles. The highest BCUT2D eigenvalue weighted by molar-refractivity contribution is 9.10. The van der Waals surface area contributed by atoms with Crippen molar-refractivity contribution in [3.8, 4) is 5.88 Å². The van der Waals surface area contributed by atoms with Crippen molar-refractivity contribution in [2.75, 3.05) is 6.61 Å². The van der Waals surface area contributed by atoms with E-state index in [0.29, 0.717) is 0 Å². The van der Waals surface area contributed by atoms with Crippen molar-refractivity contribution in [2.24, 2.45) is 5.92 Å². The second kappa shape index (κ2) is 4.30. The Kier molecular flexibility index (Phi) is 3.06. The first kappa shape index (κ1) is 9.97. The number of hydrogen-bond acceptors (Lipinski definition) is 2. The van der Waals surface area contributed by atoms with Crippen molar-refractivity contribution in [3.05, 3.63) is 22.3 Å². The first-order valence-corrected chi connectivity index (χ1v) is 5.80. The summed E-state index contributed by atoms with van der Waals surface area (Å²) in [5.41, 5.74) is 1.14. The molecule has 2 rings (SSSR count). The van der Waals surface area contributed by atoms with Crippen LogP contribution < -0.4 is 4.74 Å². The number of rotatable bonds is 4. The standard InChI is InChI=1S/C11H14BrNO/c1-8-6-10(12)11(13-7-8)14-5-4-9-2-3-9/h6-7,9H,2-5H2,1H3. The van der Waals surface area contributed by atoms with Crippen LogP contribution in [-0.2, 0) is 0 Å². The fraction of sp³-hybridized carbons (Fsp3) is 0.545. The molecule has 0 spiro atoms. The van der Waals surface area contributed by atoms with Crippen LogP contribution in [0.15, 0.2) is 16.7 Å². The molecule has 1 aromatic rings. The quantitative estimate of drug-likeness (QED) is 0.824. The third-order valence-electron chi connectivity index (χ3n) is 2.41. The van der Waals surface area contributed by atoms with Crippen LogP contribution in [0.1, 0.15) is 24.8 Å². The number of aryl methyl sites for hydroxylation is 1. The Labute approximate surface area is 92.8 Å². The Morgan fingerprint density at radius 3 is 3.00 bits per heavy atom. The van der Waals surface area contributed by atoms with Crippen LogP contribution in [-0.4, -0.2) is 11.6 Å². The maximum absolute atomic E-state index is 5.58. The van der Waals surface area contributed by atoms with Crippen LogP contribution in [0.3, 0.4) is 0 Å². The molecule has 1 aliphatic rings. The van der Waals surface area contributed by atoms with E-state index in [1.807, 2.05) is 19.2 Å². The van der Waals surface area contributed by atoms with E-state index in [2.05, 4.69) is 20.9 Å². The molecule has 3 heteroatoms. The van der Waals surface area contributed by atoms with E-state index in [-0.39, 0.29) is 0 Å². The van der Waals surface area contributed by atoms with E-state index in [0.717, 1.165) is 28.4 Å². The average Bonchev–Trinajstić information content (AvgIpc) is 2.92. The first-order chi connectivity index (χ1) is 6.75. The van der Waals surface area contributed by atoms with Crippen molar-refractivity contribution in [2.45, 2.75) is 26.2 Å². The minimum atomic E-state index is 0.719. The van der Waals surface area contributed by atoms with Gasteiger partial charge in [0.05, 0.1) is 11.1 Å². The molecule has 0 radical (unpaired) electrons. The van der Waals surface area contributed by atoms with Crippen molar-refractivity contribution < 1.29 is 4.74 Å². The number of hydrogen-bond donors (Lipinski definition) is 0. The number of pyridine rings is 1. The van der Waals surface area contributed by atoms with Gasteiger partial charge in [0, 0.05) is 6.20 Å². The summed E-state index contributed by atoms with van der Waals surface area (Å²) in [5.74, 6) is 1.63. The molecule has 0 unspecified atom stereocenters. The second-order valence-electron chi connectivity index (χ2n) is 3.88. The van der Waals surface area contributed by atoms with Gasteiger partial charge in [0.2, 0.25) is 5.88 Å². The number of halogens is 1. The molecule has 1 aliphatic carbocycles. The van der Waals surface area contributed by atoms with E-state index < -0.39 is 0 Å². The number of aromatic nitrogens is 1. The van der Waals surface area contributed by atoms with Crippen LogP contribution in [0, 0.1) is 12.8 Å². The zero-order valence-corrected chi connectivity index (χ0v) is 9.88. The molecule has 76 valence electrons. The van der Waals surface area contributed by atoms with E-state index in [9.17, 15) is 0 Å². The van der Waals surface area contributed by atoms with Gasteiger partial charge in [0.25, 0.3) is 0 Å². The zero-order valence-electron chi connectivity index (χ0n) is 8.29. The monoisotopic (exact) mass is 255 g/mol. The van der Waals surface area contributed by atoms with E-state index in [1.54, 1.807) is 0 Å². The van der Waals surface area contributed by atoms with Crippen LogP contribution in [0.2, 0.25) is 0 Å². The summed E-state index contributed by atoms with van der Waals surface area (Å²) in [6, 6.07) is 2.03. The summed E-state index contributed by atoms with van der Waals surface area (Å²) < 4.78 is 6.54. The number of ether oxygens (including phenoxy) is 1. The Morgan fingerprint density at radius 2 is 2.36 bits per heavy atom. The lowest BCUT2D eigenvalue weighted by Crippen LogP contribution is -2.00. The van der Waals surface area contributed by atoms with Gasteiger partial charge in [-0.05, 0) is 46.8 Å². The van der Waals surface area contributed by atoms with Gasteiger partial charge in [-0.3, -0.25) is 0 Å². The summed E-state index contributed by atoms with van der Waals surface area (Å²) in [7, 11) is 0. The molecule has 1 aromatic heterocycles. The molecule has 0 aromatic carbocycles. The molecule has 0 aliphatic heterocycles. The van der Waals surface area contributed by atoms with Gasteiger partial charge in [0.15, 0.2) is 0 Å². The van der Waals surface area contributed by atoms with E-state index >= 15 is 0 Å². The zero-order chi connectivity index (χ0) is 9.97. The normalized spacial score (nSPS) is 15.6. The van der Waals surface area contributed by atoms with Crippen molar-refractivity contribution >= 4 is 15.9 Å². The lowest BCUT2D eigenvalue weighted by atomic mass is 10.3. The smallest absolute Gasteiger partial charge is 0.227 e. The second-order valence-corrected chi connectivity index (χ2v) is 4.73. The van der Waals surface area contributed by atoms with Gasteiger partial charge in [-0.1, -0.05) is 12.8 Å². The lowest BCUT2D eigenvalue weighted by Gasteiger charge is -2.06. The molecule has 1 heterocycles. The minimum absolute atomic E-state index is 0.719. The van der Waals surface area contributed by atoms with Crippen molar-refractivity contribution in [1.82, 2.24) is 4.98 Å². The van der Waals surface area contributed by atoms with Crippen LogP contribution >= 0.6 is 15.9 Å². The Morgan fingerprint density at radius 1 is 1.57 bits per heavy atom. The molecule has 14 heavy (non-hydrogen) atoms. The molecule has 0 amide bonds. The van der Waals surface area contributed by atoms with E-state index in [1.165, 1.54) is 19.3 Å². The van der Waals surface area contributed by atoms with Gasteiger partial charge < -0.3 is 4.74 Å².